The SMILES string of the molecule is COc1ccc2c(c1)NCC(=O)N2Cc1ccc(C(=O)O)cc1. The average molecular weight is 312 g/mol. The van der Waals surface area contributed by atoms with Crippen molar-refractivity contribution in [2.24, 2.45) is 0 Å². The lowest BCUT2D eigenvalue weighted by Gasteiger charge is -2.30. The molecule has 0 saturated heterocycles. The van der Waals surface area contributed by atoms with E-state index < -0.39 is 5.97 Å². The van der Waals surface area contributed by atoms with Crippen molar-refractivity contribution in [3.63, 3.8) is 0 Å². The van der Waals surface area contributed by atoms with E-state index in [-0.39, 0.29) is 18.0 Å². The largest absolute Gasteiger partial charge is 0.497 e. The normalized spacial score (nSPS) is 13.3. The number of nitrogens with zero attached hydrogens (tertiary/aromatic N) is 1. The quantitative estimate of drug-likeness (QED) is 0.906. The fourth-order valence-electron chi connectivity index (χ4n) is 2.53. The minimum Gasteiger partial charge on any atom is -0.497 e. The number of amides is 1. The van der Waals surface area contributed by atoms with E-state index in [4.69, 9.17) is 9.84 Å². The lowest BCUT2D eigenvalue weighted by molar-refractivity contribution is -0.117. The maximum Gasteiger partial charge on any atom is 0.335 e. The fourth-order valence-corrected chi connectivity index (χ4v) is 2.53. The van der Waals surface area contributed by atoms with E-state index in [0.717, 1.165) is 22.7 Å². The van der Waals surface area contributed by atoms with Crippen molar-refractivity contribution >= 4 is 23.3 Å². The van der Waals surface area contributed by atoms with Crippen molar-refractivity contribution < 1.29 is 19.4 Å². The van der Waals surface area contributed by atoms with Crippen LogP contribution in [0.3, 0.4) is 0 Å². The second-order valence-electron chi connectivity index (χ2n) is 5.22. The Balaban J connectivity index is 1.87. The predicted molar refractivity (Wildman–Crippen MR) is 86.1 cm³/mol. The van der Waals surface area contributed by atoms with Gasteiger partial charge in [0.05, 0.1) is 37.1 Å². The van der Waals surface area contributed by atoms with Crippen molar-refractivity contribution in [2.45, 2.75) is 6.54 Å². The molecule has 0 fully saturated rings. The molecule has 0 spiro atoms. The number of carbonyl (C=O) groups is 2. The third-order valence-corrected chi connectivity index (χ3v) is 3.77. The summed E-state index contributed by atoms with van der Waals surface area (Å²) >= 11 is 0. The molecule has 6 heteroatoms. The van der Waals surface area contributed by atoms with Crippen LogP contribution in [0.15, 0.2) is 42.5 Å². The molecule has 1 aliphatic heterocycles. The molecule has 118 valence electrons. The average Bonchev–Trinajstić information content (AvgIpc) is 2.57. The second kappa shape index (κ2) is 6.00. The topological polar surface area (TPSA) is 78.9 Å². The lowest BCUT2D eigenvalue weighted by atomic mass is 10.1. The molecular weight excluding hydrogens is 296 g/mol. The smallest absolute Gasteiger partial charge is 0.335 e. The van der Waals surface area contributed by atoms with E-state index in [0.29, 0.717) is 6.54 Å². The Bertz CT molecular complexity index is 756. The predicted octanol–water partition coefficient (Wildman–Crippen LogP) is 2.35. The summed E-state index contributed by atoms with van der Waals surface area (Å²) in [5.74, 6) is -0.284. The van der Waals surface area contributed by atoms with Gasteiger partial charge in [-0.05, 0) is 29.8 Å². The van der Waals surface area contributed by atoms with Crippen LogP contribution in [-0.2, 0) is 11.3 Å². The molecule has 3 rings (SSSR count). The highest BCUT2D eigenvalue weighted by molar-refractivity contribution is 6.02. The maximum absolute atomic E-state index is 12.2. The van der Waals surface area contributed by atoms with Crippen molar-refractivity contribution in [1.29, 1.82) is 0 Å². The van der Waals surface area contributed by atoms with Gasteiger partial charge in [0.25, 0.3) is 0 Å². The van der Waals surface area contributed by atoms with Crippen molar-refractivity contribution in [2.75, 3.05) is 23.9 Å². The van der Waals surface area contributed by atoms with E-state index in [1.165, 1.54) is 0 Å². The third-order valence-electron chi connectivity index (χ3n) is 3.77. The van der Waals surface area contributed by atoms with Crippen LogP contribution < -0.4 is 15.0 Å². The Kier molecular flexibility index (Phi) is 3.89. The third kappa shape index (κ3) is 2.96. The Morgan fingerprint density at radius 3 is 2.65 bits per heavy atom. The van der Waals surface area contributed by atoms with Crippen molar-refractivity contribution in [1.82, 2.24) is 0 Å². The van der Waals surface area contributed by atoms with Gasteiger partial charge < -0.3 is 20.1 Å². The van der Waals surface area contributed by atoms with Gasteiger partial charge in [0.1, 0.15) is 5.75 Å². The van der Waals surface area contributed by atoms with E-state index >= 15 is 0 Å². The molecule has 0 bridgehead atoms. The molecule has 23 heavy (non-hydrogen) atoms. The van der Waals surface area contributed by atoms with Gasteiger partial charge in [-0.2, -0.15) is 0 Å². The number of ether oxygens (including phenoxy) is 1. The molecule has 2 aromatic carbocycles. The first-order chi connectivity index (χ1) is 11.1. The highest BCUT2D eigenvalue weighted by atomic mass is 16.5. The highest BCUT2D eigenvalue weighted by Crippen LogP contribution is 2.33. The Morgan fingerprint density at radius 2 is 2.00 bits per heavy atom. The van der Waals surface area contributed by atoms with Crippen LogP contribution in [-0.4, -0.2) is 30.6 Å². The minimum absolute atomic E-state index is 0.0371. The van der Waals surface area contributed by atoms with Crippen molar-refractivity contribution in [3.8, 4) is 5.75 Å². The fraction of sp³-hybridized carbons (Fsp3) is 0.176. The molecule has 0 atom stereocenters. The summed E-state index contributed by atoms with van der Waals surface area (Å²) in [5, 5.41) is 12.0. The maximum atomic E-state index is 12.2. The van der Waals surface area contributed by atoms with Gasteiger partial charge in [-0.15, -0.1) is 0 Å². The summed E-state index contributed by atoms with van der Waals surface area (Å²) < 4.78 is 5.20. The zero-order valence-electron chi connectivity index (χ0n) is 12.6. The summed E-state index contributed by atoms with van der Waals surface area (Å²) in [7, 11) is 1.59. The molecule has 2 N–H and O–H groups in total. The molecule has 1 aliphatic rings. The highest BCUT2D eigenvalue weighted by Gasteiger charge is 2.24. The molecule has 0 saturated carbocycles. The number of fused-ring (bicyclic) bond motifs is 1. The molecular formula is C17H16N2O4. The molecule has 6 nitrogen and oxygen atoms in total. The molecule has 1 amide bonds. The number of hydrogen-bond donors (Lipinski definition) is 2. The summed E-state index contributed by atoms with van der Waals surface area (Å²) in [6, 6.07) is 12.0. The number of carbonyl (C=O) groups excluding carboxylic acids is 1. The number of carboxylic acids is 1. The lowest BCUT2D eigenvalue weighted by Crippen LogP contribution is -2.39. The standard InChI is InChI=1S/C17H16N2O4/c1-23-13-6-7-15-14(8-13)18-9-16(20)19(15)10-11-2-4-12(5-3-11)17(21)22/h2-8,18H,9-10H2,1H3,(H,21,22). The van der Waals surface area contributed by atoms with Crippen LogP contribution in [0.1, 0.15) is 15.9 Å². The first kappa shape index (κ1) is 14.9. The first-order valence-electron chi connectivity index (χ1n) is 7.13. The number of benzene rings is 2. The summed E-state index contributed by atoms with van der Waals surface area (Å²) in [6.07, 6.45) is 0. The Labute approximate surface area is 133 Å². The van der Waals surface area contributed by atoms with E-state index in [1.54, 1.807) is 42.3 Å². The van der Waals surface area contributed by atoms with Gasteiger partial charge in [-0.3, -0.25) is 4.79 Å². The van der Waals surface area contributed by atoms with Crippen LogP contribution in [0.25, 0.3) is 0 Å². The Morgan fingerprint density at radius 1 is 1.26 bits per heavy atom. The van der Waals surface area contributed by atoms with Gasteiger partial charge in [-0.25, -0.2) is 4.79 Å². The number of anilines is 2. The minimum atomic E-state index is -0.966. The van der Waals surface area contributed by atoms with E-state index in [1.807, 2.05) is 12.1 Å². The van der Waals surface area contributed by atoms with Crippen LogP contribution in [0, 0.1) is 0 Å². The van der Waals surface area contributed by atoms with Gasteiger partial charge in [0.15, 0.2) is 0 Å². The van der Waals surface area contributed by atoms with Crippen LogP contribution in [0.5, 0.6) is 5.75 Å². The van der Waals surface area contributed by atoms with Gasteiger partial charge in [0.2, 0.25) is 5.91 Å². The number of rotatable bonds is 4. The molecule has 0 aromatic heterocycles. The van der Waals surface area contributed by atoms with Gasteiger partial charge in [-0.1, -0.05) is 12.1 Å². The summed E-state index contributed by atoms with van der Waals surface area (Å²) in [6.45, 7) is 0.604. The molecule has 1 heterocycles. The zero-order valence-corrected chi connectivity index (χ0v) is 12.6. The molecule has 0 unspecified atom stereocenters. The number of methoxy groups -OCH3 is 1. The number of nitrogens with one attached hydrogen (secondary N) is 1. The van der Waals surface area contributed by atoms with E-state index in [2.05, 4.69) is 5.32 Å². The number of aromatic carboxylic acids is 1. The molecule has 2 aromatic rings. The van der Waals surface area contributed by atoms with Crippen molar-refractivity contribution in [3.05, 3.63) is 53.6 Å². The van der Waals surface area contributed by atoms with Crippen LogP contribution in [0.2, 0.25) is 0 Å². The molecule has 0 radical (unpaired) electrons. The second-order valence-corrected chi connectivity index (χ2v) is 5.22. The summed E-state index contributed by atoms with van der Waals surface area (Å²) in [4.78, 5) is 24.8. The van der Waals surface area contributed by atoms with Gasteiger partial charge >= 0.3 is 5.97 Å². The summed E-state index contributed by atoms with van der Waals surface area (Å²) in [5.41, 5.74) is 2.72. The van der Waals surface area contributed by atoms with E-state index in [9.17, 15) is 9.59 Å². The Hall–Kier alpha value is -3.02. The van der Waals surface area contributed by atoms with Crippen LogP contribution in [0.4, 0.5) is 11.4 Å². The van der Waals surface area contributed by atoms with Gasteiger partial charge in [0, 0.05) is 6.07 Å². The molecule has 0 aliphatic carbocycles. The number of hydrogen-bond acceptors (Lipinski definition) is 4. The zero-order chi connectivity index (χ0) is 16.4. The first-order valence-corrected chi connectivity index (χ1v) is 7.13. The monoisotopic (exact) mass is 312 g/mol. The van der Waals surface area contributed by atoms with Crippen LogP contribution >= 0.6 is 0 Å². The number of carboxylic acid groups (broad SMARTS) is 1.